The molecule has 2 aromatic rings. The molecule has 0 aliphatic carbocycles. The number of piperidine rings is 1. The van der Waals surface area contributed by atoms with E-state index in [1.165, 1.54) is 6.42 Å². The van der Waals surface area contributed by atoms with Crippen molar-refractivity contribution in [2.45, 2.75) is 19.3 Å². The number of rotatable bonds is 3. The highest BCUT2D eigenvalue weighted by molar-refractivity contribution is 5.94. The molecule has 130 valence electrons. The largest absolute Gasteiger partial charge is 0.456 e. The van der Waals surface area contributed by atoms with Gasteiger partial charge in [-0.2, -0.15) is 0 Å². The van der Waals surface area contributed by atoms with Gasteiger partial charge in [0.2, 0.25) is 0 Å². The van der Waals surface area contributed by atoms with Crippen LogP contribution in [0.1, 0.15) is 29.6 Å². The first-order chi connectivity index (χ1) is 12.2. The second-order valence-electron chi connectivity index (χ2n) is 7.03. The molecule has 1 amide bonds. The zero-order chi connectivity index (χ0) is 17.1. The molecule has 0 bridgehead atoms. The van der Waals surface area contributed by atoms with Gasteiger partial charge in [0.15, 0.2) is 0 Å². The van der Waals surface area contributed by atoms with Crippen LogP contribution in [0.15, 0.2) is 48.8 Å². The standard InChI is InChI=1S/C20H23N3O2/c24-19(23-12-8-20(9-13-23)7-11-22-15-20)16-3-5-17(6-4-16)25-18-2-1-10-21-14-18/h1-6,10,14,22H,7-9,11-13,15H2. The van der Waals surface area contributed by atoms with Gasteiger partial charge in [-0.25, -0.2) is 0 Å². The summed E-state index contributed by atoms with van der Waals surface area (Å²) in [7, 11) is 0. The van der Waals surface area contributed by atoms with Gasteiger partial charge in [-0.3, -0.25) is 9.78 Å². The van der Waals surface area contributed by atoms with E-state index in [9.17, 15) is 4.79 Å². The van der Waals surface area contributed by atoms with Crippen molar-refractivity contribution in [1.82, 2.24) is 15.2 Å². The molecule has 2 fully saturated rings. The minimum absolute atomic E-state index is 0.119. The lowest BCUT2D eigenvalue weighted by atomic mass is 9.78. The number of nitrogens with one attached hydrogen (secondary N) is 1. The van der Waals surface area contributed by atoms with Crippen LogP contribution in [-0.4, -0.2) is 42.0 Å². The summed E-state index contributed by atoms with van der Waals surface area (Å²) in [5.41, 5.74) is 1.15. The lowest BCUT2D eigenvalue weighted by molar-refractivity contribution is 0.0607. The first kappa shape index (κ1) is 16.1. The van der Waals surface area contributed by atoms with Crippen molar-refractivity contribution in [2.24, 2.45) is 5.41 Å². The second-order valence-corrected chi connectivity index (χ2v) is 7.03. The maximum Gasteiger partial charge on any atom is 0.253 e. The van der Waals surface area contributed by atoms with Crippen molar-refractivity contribution in [2.75, 3.05) is 26.2 Å². The molecule has 3 heterocycles. The van der Waals surface area contributed by atoms with Crippen LogP contribution in [0.2, 0.25) is 0 Å². The topological polar surface area (TPSA) is 54.5 Å². The molecule has 4 rings (SSSR count). The molecule has 0 saturated carbocycles. The minimum atomic E-state index is 0.119. The van der Waals surface area contributed by atoms with E-state index in [-0.39, 0.29) is 5.91 Å². The summed E-state index contributed by atoms with van der Waals surface area (Å²) in [6.45, 7) is 3.94. The molecule has 1 aromatic carbocycles. The lowest BCUT2D eigenvalue weighted by Crippen LogP contribution is -2.44. The van der Waals surface area contributed by atoms with Gasteiger partial charge in [0.05, 0.1) is 6.20 Å². The Kier molecular flexibility index (Phi) is 4.40. The predicted molar refractivity (Wildman–Crippen MR) is 95.8 cm³/mol. The molecule has 2 saturated heterocycles. The van der Waals surface area contributed by atoms with E-state index >= 15 is 0 Å². The van der Waals surface area contributed by atoms with Crippen LogP contribution in [-0.2, 0) is 0 Å². The molecule has 1 aromatic heterocycles. The van der Waals surface area contributed by atoms with E-state index in [1.54, 1.807) is 12.4 Å². The van der Waals surface area contributed by atoms with Crippen LogP contribution < -0.4 is 10.1 Å². The van der Waals surface area contributed by atoms with Gasteiger partial charge >= 0.3 is 0 Å². The second kappa shape index (κ2) is 6.84. The highest BCUT2D eigenvalue weighted by Gasteiger charge is 2.38. The number of ether oxygens (including phenoxy) is 1. The Morgan fingerprint density at radius 1 is 1.08 bits per heavy atom. The fourth-order valence-electron chi connectivity index (χ4n) is 3.80. The number of nitrogens with zero attached hydrogens (tertiary/aromatic N) is 2. The number of carbonyl (C=O) groups is 1. The highest BCUT2D eigenvalue weighted by Crippen LogP contribution is 2.37. The SMILES string of the molecule is O=C(c1ccc(Oc2cccnc2)cc1)N1CCC2(CCNC2)CC1. The Morgan fingerprint density at radius 3 is 2.52 bits per heavy atom. The Balaban J connectivity index is 1.38. The van der Waals surface area contributed by atoms with Crippen LogP contribution in [0.25, 0.3) is 0 Å². The molecule has 25 heavy (non-hydrogen) atoms. The minimum Gasteiger partial charge on any atom is -0.456 e. The number of aromatic nitrogens is 1. The van der Waals surface area contributed by atoms with Crippen molar-refractivity contribution in [3.8, 4) is 11.5 Å². The maximum atomic E-state index is 12.7. The smallest absolute Gasteiger partial charge is 0.253 e. The average Bonchev–Trinajstić information content (AvgIpc) is 3.11. The Labute approximate surface area is 148 Å². The molecule has 1 N–H and O–H groups in total. The van der Waals surface area contributed by atoms with Gasteiger partial charge in [0.25, 0.3) is 5.91 Å². The van der Waals surface area contributed by atoms with Crippen LogP contribution in [0.3, 0.4) is 0 Å². The van der Waals surface area contributed by atoms with Gasteiger partial charge in [-0.15, -0.1) is 0 Å². The molecule has 2 aliphatic heterocycles. The van der Waals surface area contributed by atoms with Crippen molar-refractivity contribution < 1.29 is 9.53 Å². The predicted octanol–water partition coefficient (Wildman–Crippen LogP) is 3.09. The summed E-state index contributed by atoms with van der Waals surface area (Å²) in [6.07, 6.45) is 6.83. The van der Waals surface area contributed by atoms with E-state index in [0.717, 1.165) is 44.6 Å². The summed E-state index contributed by atoms with van der Waals surface area (Å²) < 4.78 is 5.73. The van der Waals surface area contributed by atoms with E-state index in [0.29, 0.717) is 16.9 Å². The zero-order valence-electron chi connectivity index (χ0n) is 14.3. The van der Waals surface area contributed by atoms with E-state index < -0.39 is 0 Å². The molecular formula is C20H23N3O2. The van der Waals surface area contributed by atoms with Gasteiger partial charge in [0.1, 0.15) is 11.5 Å². The van der Waals surface area contributed by atoms with Crippen LogP contribution in [0.4, 0.5) is 0 Å². The van der Waals surface area contributed by atoms with E-state index in [2.05, 4.69) is 10.3 Å². The first-order valence-electron chi connectivity index (χ1n) is 8.92. The molecule has 0 atom stereocenters. The Morgan fingerprint density at radius 2 is 1.88 bits per heavy atom. The van der Waals surface area contributed by atoms with Gasteiger partial charge in [0, 0.05) is 31.4 Å². The quantitative estimate of drug-likeness (QED) is 0.935. The monoisotopic (exact) mass is 337 g/mol. The molecule has 0 radical (unpaired) electrons. The van der Waals surface area contributed by atoms with Crippen molar-refractivity contribution in [3.05, 3.63) is 54.4 Å². The third-order valence-electron chi connectivity index (χ3n) is 5.41. The third kappa shape index (κ3) is 3.51. The number of pyridine rings is 1. The van der Waals surface area contributed by atoms with Gasteiger partial charge in [-0.05, 0) is 67.6 Å². The molecule has 1 spiro atoms. The highest BCUT2D eigenvalue weighted by atomic mass is 16.5. The summed E-state index contributed by atoms with van der Waals surface area (Å²) in [5.74, 6) is 1.51. The summed E-state index contributed by atoms with van der Waals surface area (Å²) in [4.78, 5) is 18.7. The van der Waals surface area contributed by atoms with Crippen LogP contribution in [0.5, 0.6) is 11.5 Å². The van der Waals surface area contributed by atoms with Gasteiger partial charge in [-0.1, -0.05) is 0 Å². The zero-order valence-corrected chi connectivity index (χ0v) is 14.3. The van der Waals surface area contributed by atoms with Crippen LogP contribution >= 0.6 is 0 Å². The number of likely N-dealkylation sites (tertiary alicyclic amines) is 1. The molecule has 0 unspecified atom stereocenters. The molecular weight excluding hydrogens is 314 g/mol. The number of amides is 1. The van der Waals surface area contributed by atoms with Crippen molar-refractivity contribution >= 4 is 5.91 Å². The van der Waals surface area contributed by atoms with Crippen LogP contribution in [0, 0.1) is 5.41 Å². The maximum absolute atomic E-state index is 12.7. The summed E-state index contributed by atoms with van der Waals surface area (Å²) in [6, 6.07) is 11.0. The molecule has 5 heteroatoms. The van der Waals surface area contributed by atoms with E-state index in [4.69, 9.17) is 4.74 Å². The lowest BCUT2D eigenvalue weighted by Gasteiger charge is -2.38. The van der Waals surface area contributed by atoms with Gasteiger partial charge < -0.3 is 15.0 Å². The first-order valence-corrected chi connectivity index (χ1v) is 8.92. The average molecular weight is 337 g/mol. The van der Waals surface area contributed by atoms with Crippen molar-refractivity contribution in [3.63, 3.8) is 0 Å². The molecule has 2 aliphatic rings. The van der Waals surface area contributed by atoms with E-state index in [1.807, 2.05) is 41.3 Å². The number of carbonyl (C=O) groups excluding carboxylic acids is 1. The normalized spacial score (nSPS) is 19.1. The van der Waals surface area contributed by atoms with Crippen molar-refractivity contribution in [1.29, 1.82) is 0 Å². The Hall–Kier alpha value is -2.40. The number of hydrogen-bond donors (Lipinski definition) is 1. The fourth-order valence-corrected chi connectivity index (χ4v) is 3.80. The Bertz CT molecular complexity index is 714. The number of hydrogen-bond acceptors (Lipinski definition) is 4. The third-order valence-corrected chi connectivity index (χ3v) is 5.41. The molecule has 5 nitrogen and oxygen atoms in total. The fraction of sp³-hybridized carbons (Fsp3) is 0.400. The summed E-state index contributed by atoms with van der Waals surface area (Å²) in [5, 5.41) is 3.46. The summed E-state index contributed by atoms with van der Waals surface area (Å²) >= 11 is 0. The number of benzene rings is 1.